The molecule has 2 aliphatic rings. The number of hydrogen-bond acceptors (Lipinski definition) is 4. The average molecular weight is 174 g/mol. The third-order valence-corrected chi connectivity index (χ3v) is 2.65. The highest BCUT2D eigenvalue weighted by atomic mass is 16.6. The predicted molar refractivity (Wildman–Crippen MR) is 40.9 cm³/mol. The second kappa shape index (κ2) is 3.30. The van der Waals surface area contributed by atoms with Crippen molar-refractivity contribution >= 4 is 0 Å². The van der Waals surface area contributed by atoms with Crippen LogP contribution in [0.15, 0.2) is 0 Å². The third kappa shape index (κ3) is 1.15. The van der Waals surface area contributed by atoms with Crippen LogP contribution in [-0.4, -0.2) is 50.3 Å². The van der Waals surface area contributed by atoms with E-state index < -0.39 is 0 Å². The fourth-order valence-corrected chi connectivity index (χ4v) is 1.90. The fraction of sp³-hybridized carbons (Fsp3) is 1.00. The Labute approximate surface area is 71.4 Å². The minimum Gasteiger partial charge on any atom is -0.396 e. The molecule has 12 heavy (non-hydrogen) atoms. The molecule has 0 bridgehead atoms. The molecular formula is C8H14O4. The number of aliphatic hydroxyl groups is 1. The number of rotatable bonds is 2. The van der Waals surface area contributed by atoms with Crippen molar-refractivity contribution < 1.29 is 19.3 Å². The van der Waals surface area contributed by atoms with Crippen molar-refractivity contribution in [1.29, 1.82) is 0 Å². The van der Waals surface area contributed by atoms with Crippen LogP contribution in [0.25, 0.3) is 0 Å². The van der Waals surface area contributed by atoms with Gasteiger partial charge in [-0.3, -0.25) is 0 Å². The van der Waals surface area contributed by atoms with Crippen LogP contribution >= 0.6 is 0 Å². The molecule has 2 heterocycles. The third-order valence-electron chi connectivity index (χ3n) is 2.65. The lowest BCUT2D eigenvalue weighted by Gasteiger charge is -2.14. The van der Waals surface area contributed by atoms with E-state index >= 15 is 0 Å². The van der Waals surface area contributed by atoms with Crippen LogP contribution in [0.3, 0.4) is 0 Å². The number of methoxy groups -OCH3 is 1. The van der Waals surface area contributed by atoms with Gasteiger partial charge in [-0.2, -0.15) is 0 Å². The number of ether oxygens (including phenoxy) is 3. The minimum absolute atomic E-state index is 0.0344. The highest BCUT2D eigenvalue weighted by Gasteiger charge is 2.47. The van der Waals surface area contributed by atoms with Gasteiger partial charge in [0.05, 0.1) is 25.9 Å². The Hall–Kier alpha value is -0.160. The van der Waals surface area contributed by atoms with Crippen LogP contribution in [0.2, 0.25) is 0 Å². The van der Waals surface area contributed by atoms with Gasteiger partial charge in [0.25, 0.3) is 0 Å². The molecule has 0 aromatic heterocycles. The van der Waals surface area contributed by atoms with Crippen LogP contribution in [-0.2, 0) is 14.2 Å². The van der Waals surface area contributed by atoms with Gasteiger partial charge in [0, 0.05) is 13.0 Å². The van der Waals surface area contributed by atoms with Gasteiger partial charge in [-0.05, 0) is 0 Å². The van der Waals surface area contributed by atoms with E-state index in [1.165, 1.54) is 0 Å². The summed E-state index contributed by atoms with van der Waals surface area (Å²) in [6.45, 7) is 1.31. The van der Waals surface area contributed by atoms with Crippen molar-refractivity contribution in [3.05, 3.63) is 0 Å². The summed E-state index contributed by atoms with van der Waals surface area (Å²) in [6.07, 6.45) is 0.124. The first-order valence-electron chi connectivity index (χ1n) is 4.23. The normalized spacial score (nSPS) is 46.5. The summed E-state index contributed by atoms with van der Waals surface area (Å²) < 4.78 is 16.1. The Balaban J connectivity index is 2.01. The van der Waals surface area contributed by atoms with Crippen LogP contribution in [0.5, 0.6) is 0 Å². The van der Waals surface area contributed by atoms with Crippen LogP contribution in [0.4, 0.5) is 0 Å². The molecule has 0 amide bonds. The summed E-state index contributed by atoms with van der Waals surface area (Å²) in [7, 11) is 1.66. The van der Waals surface area contributed by atoms with Crippen molar-refractivity contribution in [3.63, 3.8) is 0 Å². The molecule has 4 nitrogen and oxygen atoms in total. The average Bonchev–Trinajstić information content (AvgIpc) is 2.62. The zero-order valence-corrected chi connectivity index (χ0v) is 7.10. The molecule has 2 aliphatic heterocycles. The van der Waals surface area contributed by atoms with Gasteiger partial charge in [0.1, 0.15) is 12.2 Å². The Morgan fingerprint density at radius 1 is 1.33 bits per heavy atom. The predicted octanol–water partition coefficient (Wildman–Crippen LogP) is -0.593. The number of fused-ring (bicyclic) bond motifs is 1. The molecule has 0 aliphatic carbocycles. The molecule has 4 heteroatoms. The van der Waals surface area contributed by atoms with E-state index in [9.17, 15) is 0 Å². The zero-order valence-electron chi connectivity index (χ0n) is 7.10. The standard InChI is InChI=1S/C8H14O4/c1-10-6-4-12-7-5(2-9)3-11-8(6)7/h5-9H,2-4H2,1H3. The molecule has 2 fully saturated rings. The Kier molecular flexibility index (Phi) is 2.32. The van der Waals surface area contributed by atoms with E-state index in [-0.39, 0.29) is 30.8 Å². The Morgan fingerprint density at radius 2 is 2.08 bits per heavy atom. The molecule has 70 valence electrons. The maximum atomic E-state index is 8.97. The lowest BCUT2D eigenvalue weighted by atomic mass is 10.0. The molecule has 4 atom stereocenters. The molecule has 4 unspecified atom stereocenters. The first-order valence-corrected chi connectivity index (χ1v) is 4.23. The monoisotopic (exact) mass is 174 g/mol. The molecule has 0 aromatic carbocycles. The van der Waals surface area contributed by atoms with Gasteiger partial charge in [-0.1, -0.05) is 0 Å². The summed E-state index contributed by atoms with van der Waals surface area (Å²) in [5.41, 5.74) is 0. The molecule has 0 radical (unpaired) electrons. The quantitative estimate of drug-likeness (QED) is 0.607. The van der Waals surface area contributed by atoms with Crippen molar-refractivity contribution in [2.45, 2.75) is 18.3 Å². The van der Waals surface area contributed by atoms with Gasteiger partial charge in [-0.15, -0.1) is 0 Å². The van der Waals surface area contributed by atoms with E-state index in [0.29, 0.717) is 13.2 Å². The second-order valence-corrected chi connectivity index (χ2v) is 3.31. The lowest BCUT2D eigenvalue weighted by Crippen LogP contribution is -2.31. The van der Waals surface area contributed by atoms with Crippen LogP contribution in [0, 0.1) is 5.92 Å². The first-order chi connectivity index (χ1) is 5.86. The summed E-state index contributed by atoms with van der Waals surface area (Å²) in [6, 6.07) is 0. The molecule has 0 spiro atoms. The number of aliphatic hydroxyl groups excluding tert-OH is 1. The van der Waals surface area contributed by atoms with Gasteiger partial charge in [0.2, 0.25) is 0 Å². The van der Waals surface area contributed by atoms with Crippen molar-refractivity contribution in [1.82, 2.24) is 0 Å². The number of hydrogen-bond donors (Lipinski definition) is 1. The highest BCUT2D eigenvalue weighted by molar-refractivity contribution is 4.94. The van der Waals surface area contributed by atoms with E-state index in [1.807, 2.05) is 0 Å². The van der Waals surface area contributed by atoms with E-state index in [2.05, 4.69) is 0 Å². The van der Waals surface area contributed by atoms with Crippen molar-refractivity contribution in [2.75, 3.05) is 26.9 Å². The fourth-order valence-electron chi connectivity index (χ4n) is 1.90. The zero-order chi connectivity index (χ0) is 8.55. The van der Waals surface area contributed by atoms with Crippen LogP contribution in [0.1, 0.15) is 0 Å². The summed E-state index contributed by atoms with van der Waals surface area (Å²) in [5.74, 6) is 0.134. The molecule has 2 saturated heterocycles. The summed E-state index contributed by atoms with van der Waals surface area (Å²) >= 11 is 0. The van der Waals surface area contributed by atoms with Crippen LogP contribution < -0.4 is 0 Å². The second-order valence-electron chi connectivity index (χ2n) is 3.31. The topological polar surface area (TPSA) is 47.9 Å². The van der Waals surface area contributed by atoms with Crippen molar-refractivity contribution in [2.24, 2.45) is 5.92 Å². The lowest BCUT2D eigenvalue weighted by molar-refractivity contribution is -0.0107. The highest BCUT2D eigenvalue weighted by Crippen LogP contribution is 2.31. The maximum Gasteiger partial charge on any atom is 0.112 e. The van der Waals surface area contributed by atoms with Gasteiger partial charge >= 0.3 is 0 Å². The van der Waals surface area contributed by atoms with E-state index in [0.717, 1.165) is 0 Å². The largest absolute Gasteiger partial charge is 0.396 e. The minimum atomic E-state index is 0.0344. The SMILES string of the molecule is COC1COC2C(CO)COC12. The molecule has 0 saturated carbocycles. The van der Waals surface area contributed by atoms with Gasteiger partial charge < -0.3 is 19.3 Å². The van der Waals surface area contributed by atoms with Gasteiger partial charge in [-0.25, -0.2) is 0 Å². The van der Waals surface area contributed by atoms with Crippen molar-refractivity contribution in [3.8, 4) is 0 Å². The maximum absolute atomic E-state index is 8.97. The summed E-state index contributed by atoms with van der Waals surface area (Å²) in [4.78, 5) is 0. The molecule has 0 aromatic rings. The summed E-state index contributed by atoms with van der Waals surface area (Å²) in [5, 5.41) is 8.97. The van der Waals surface area contributed by atoms with Gasteiger partial charge in [0.15, 0.2) is 0 Å². The molecular weight excluding hydrogens is 160 g/mol. The van der Waals surface area contributed by atoms with E-state index in [1.54, 1.807) is 7.11 Å². The molecule has 1 N–H and O–H groups in total. The first kappa shape index (κ1) is 8.44. The Morgan fingerprint density at radius 3 is 2.75 bits per heavy atom. The Bertz CT molecular complexity index is 143. The van der Waals surface area contributed by atoms with E-state index in [4.69, 9.17) is 19.3 Å². The smallest absolute Gasteiger partial charge is 0.112 e. The molecule has 2 rings (SSSR count).